The first-order valence-corrected chi connectivity index (χ1v) is 8.59. The van der Waals surface area contributed by atoms with E-state index in [1.54, 1.807) is 35.4 Å². The number of nitrogens with one attached hydrogen (secondary N) is 1. The molecule has 3 aromatic rings. The maximum Gasteiger partial charge on any atom is 0.276 e. The molecule has 26 heavy (non-hydrogen) atoms. The first kappa shape index (κ1) is 16.3. The average Bonchev–Trinajstić information content (AvgIpc) is 2.68. The predicted octanol–water partition coefficient (Wildman–Crippen LogP) is 4.56. The Labute approximate surface area is 151 Å². The van der Waals surface area contributed by atoms with Gasteiger partial charge in [-0.1, -0.05) is 24.3 Å². The molecule has 5 heteroatoms. The van der Waals surface area contributed by atoms with Gasteiger partial charge in [-0.2, -0.15) is 0 Å². The molecule has 4 rings (SSSR count). The highest BCUT2D eigenvalue weighted by molar-refractivity contribution is 6.05. The van der Waals surface area contributed by atoms with Gasteiger partial charge in [0.1, 0.15) is 11.5 Å². The number of hydrogen-bond donors (Lipinski definition) is 1. The summed E-state index contributed by atoms with van der Waals surface area (Å²) < 4.78 is 13.3. The molecular formula is C21H18FN3O. The Balaban J connectivity index is 1.53. The van der Waals surface area contributed by atoms with Crippen molar-refractivity contribution in [2.24, 2.45) is 0 Å². The van der Waals surface area contributed by atoms with E-state index in [9.17, 15) is 9.18 Å². The molecule has 1 aromatic heterocycles. The number of nitrogens with zero attached hydrogens (tertiary/aromatic N) is 2. The van der Waals surface area contributed by atoms with E-state index in [1.165, 1.54) is 17.7 Å². The van der Waals surface area contributed by atoms with E-state index >= 15 is 0 Å². The van der Waals surface area contributed by atoms with Crippen molar-refractivity contribution in [2.45, 2.75) is 12.8 Å². The normalized spacial score (nSPS) is 13.2. The fraction of sp³-hybridized carbons (Fsp3) is 0.143. The molecule has 0 saturated heterocycles. The summed E-state index contributed by atoms with van der Waals surface area (Å²) in [6.45, 7) is 0.695. The van der Waals surface area contributed by atoms with E-state index in [1.807, 2.05) is 18.2 Å². The van der Waals surface area contributed by atoms with E-state index < -0.39 is 0 Å². The fourth-order valence-electron chi connectivity index (χ4n) is 3.21. The van der Waals surface area contributed by atoms with Crippen LogP contribution >= 0.6 is 0 Å². The minimum atomic E-state index is -0.307. The lowest BCUT2D eigenvalue weighted by atomic mass is 10.0. The van der Waals surface area contributed by atoms with Crippen molar-refractivity contribution >= 4 is 23.0 Å². The molecule has 0 spiro atoms. The highest BCUT2D eigenvalue weighted by Gasteiger charge is 2.23. The standard InChI is InChI=1S/C21H18FN3O/c22-16-7-3-8-17(13-16)24-18-10-11-19(23-14-18)21(26)25-12-4-6-15-5-1-2-9-20(15)25/h1-3,5,7-11,13-14,24H,4,6,12H2. The lowest BCUT2D eigenvalue weighted by molar-refractivity contribution is 0.0980. The number of amides is 1. The minimum absolute atomic E-state index is 0.102. The second-order valence-electron chi connectivity index (χ2n) is 6.26. The molecule has 1 amide bonds. The van der Waals surface area contributed by atoms with Crippen molar-refractivity contribution in [2.75, 3.05) is 16.8 Å². The molecule has 0 atom stereocenters. The van der Waals surface area contributed by atoms with Crippen LogP contribution in [0.2, 0.25) is 0 Å². The number of pyridine rings is 1. The number of anilines is 3. The van der Waals surface area contributed by atoms with Gasteiger partial charge in [-0.25, -0.2) is 9.37 Å². The lowest BCUT2D eigenvalue weighted by Crippen LogP contribution is -2.35. The number of carbonyl (C=O) groups is 1. The Morgan fingerprint density at radius 3 is 2.73 bits per heavy atom. The molecule has 2 heterocycles. The second-order valence-corrected chi connectivity index (χ2v) is 6.26. The Hall–Kier alpha value is -3.21. The third kappa shape index (κ3) is 3.28. The summed E-state index contributed by atoms with van der Waals surface area (Å²) in [4.78, 5) is 19.0. The van der Waals surface area contributed by atoms with Crippen LogP contribution < -0.4 is 10.2 Å². The molecule has 1 aliphatic heterocycles. The molecule has 4 nitrogen and oxygen atoms in total. The monoisotopic (exact) mass is 347 g/mol. The summed E-state index contributed by atoms with van der Waals surface area (Å²) >= 11 is 0. The van der Waals surface area contributed by atoms with Gasteiger partial charge in [0.05, 0.1) is 11.9 Å². The van der Waals surface area contributed by atoms with Crippen LogP contribution in [0.25, 0.3) is 0 Å². The van der Waals surface area contributed by atoms with Gasteiger partial charge in [0, 0.05) is 17.9 Å². The molecule has 0 fully saturated rings. The van der Waals surface area contributed by atoms with Crippen LogP contribution in [0.3, 0.4) is 0 Å². The second kappa shape index (κ2) is 6.96. The quantitative estimate of drug-likeness (QED) is 0.755. The summed E-state index contributed by atoms with van der Waals surface area (Å²) in [6, 6.07) is 17.7. The summed E-state index contributed by atoms with van der Waals surface area (Å²) in [5.41, 5.74) is 3.89. The van der Waals surface area contributed by atoms with Gasteiger partial charge in [0.25, 0.3) is 5.91 Å². The van der Waals surface area contributed by atoms with Crippen molar-refractivity contribution in [3.63, 3.8) is 0 Å². The smallest absolute Gasteiger partial charge is 0.276 e. The largest absolute Gasteiger partial charge is 0.354 e. The Morgan fingerprint density at radius 2 is 1.92 bits per heavy atom. The highest BCUT2D eigenvalue weighted by atomic mass is 19.1. The van der Waals surface area contributed by atoms with Crippen LogP contribution in [0, 0.1) is 5.82 Å². The minimum Gasteiger partial charge on any atom is -0.354 e. The van der Waals surface area contributed by atoms with Gasteiger partial charge >= 0.3 is 0 Å². The number of carbonyl (C=O) groups excluding carboxylic acids is 1. The molecular weight excluding hydrogens is 329 g/mol. The van der Waals surface area contributed by atoms with Crippen LogP contribution in [0.4, 0.5) is 21.5 Å². The lowest BCUT2D eigenvalue weighted by Gasteiger charge is -2.29. The molecule has 1 aliphatic rings. The van der Waals surface area contributed by atoms with Gasteiger partial charge in [-0.15, -0.1) is 0 Å². The van der Waals surface area contributed by atoms with Gasteiger partial charge in [0.2, 0.25) is 0 Å². The molecule has 1 N–H and O–H groups in total. The summed E-state index contributed by atoms with van der Waals surface area (Å²) in [7, 11) is 0. The number of para-hydroxylation sites is 1. The molecule has 0 bridgehead atoms. The first-order valence-electron chi connectivity index (χ1n) is 8.59. The van der Waals surface area contributed by atoms with E-state index in [0.29, 0.717) is 23.6 Å². The zero-order valence-electron chi connectivity index (χ0n) is 14.2. The molecule has 0 radical (unpaired) electrons. The third-order valence-electron chi connectivity index (χ3n) is 4.45. The first-order chi connectivity index (χ1) is 12.7. The summed E-state index contributed by atoms with van der Waals surface area (Å²) in [5.74, 6) is -0.409. The molecule has 2 aromatic carbocycles. The molecule has 130 valence electrons. The molecule has 0 saturated carbocycles. The number of halogens is 1. The summed E-state index contributed by atoms with van der Waals surface area (Å²) in [5, 5.41) is 3.08. The highest BCUT2D eigenvalue weighted by Crippen LogP contribution is 2.28. The number of rotatable bonds is 3. The molecule has 0 aliphatic carbocycles. The van der Waals surface area contributed by atoms with E-state index in [-0.39, 0.29) is 11.7 Å². The van der Waals surface area contributed by atoms with Crippen molar-refractivity contribution in [3.05, 3.63) is 83.9 Å². The zero-order chi connectivity index (χ0) is 17.9. The van der Waals surface area contributed by atoms with E-state index in [2.05, 4.69) is 16.4 Å². The van der Waals surface area contributed by atoms with E-state index in [0.717, 1.165) is 18.5 Å². The van der Waals surface area contributed by atoms with Gasteiger partial charge < -0.3 is 10.2 Å². The number of aryl methyl sites for hydroxylation is 1. The average molecular weight is 347 g/mol. The van der Waals surface area contributed by atoms with Crippen molar-refractivity contribution in [3.8, 4) is 0 Å². The van der Waals surface area contributed by atoms with Crippen LogP contribution in [0.15, 0.2) is 66.9 Å². The van der Waals surface area contributed by atoms with Crippen LogP contribution in [0.5, 0.6) is 0 Å². The Morgan fingerprint density at radius 1 is 1.04 bits per heavy atom. The van der Waals surface area contributed by atoms with Crippen molar-refractivity contribution in [1.82, 2.24) is 4.98 Å². The van der Waals surface area contributed by atoms with Crippen LogP contribution in [-0.2, 0) is 6.42 Å². The number of aromatic nitrogens is 1. The number of benzene rings is 2. The Bertz CT molecular complexity index is 940. The maximum atomic E-state index is 13.3. The number of fused-ring (bicyclic) bond motifs is 1. The van der Waals surface area contributed by atoms with Crippen LogP contribution in [0.1, 0.15) is 22.5 Å². The van der Waals surface area contributed by atoms with E-state index in [4.69, 9.17) is 0 Å². The Kier molecular flexibility index (Phi) is 4.35. The number of hydrogen-bond acceptors (Lipinski definition) is 3. The summed E-state index contributed by atoms with van der Waals surface area (Å²) in [6.07, 6.45) is 3.53. The fourth-order valence-corrected chi connectivity index (χ4v) is 3.21. The third-order valence-corrected chi connectivity index (χ3v) is 4.45. The van der Waals surface area contributed by atoms with Gasteiger partial charge in [-0.3, -0.25) is 4.79 Å². The van der Waals surface area contributed by atoms with Gasteiger partial charge in [0.15, 0.2) is 0 Å². The van der Waals surface area contributed by atoms with Gasteiger partial charge in [-0.05, 0) is 54.8 Å². The zero-order valence-corrected chi connectivity index (χ0v) is 14.2. The van der Waals surface area contributed by atoms with Crippen molar-refractivity contribution < 1.29 is 9.18 Å². The topological polar surface area (TPSA) is 45.2 Å². The van der Waals surface area contributed by atoms with Crippen LogP contribution in [-0.4, -0.2) is 17.4 Å². The molecule has 0 unspecified atom stereocenters. The SMILES string of the molecule is O=C(c1ccc(Nc2cccc(F)c2)cn1)N1CCCc2ccccc21. The van der Waals surface area contributed by atoms with Crippen molar-refractivity contribution in [1.29, 1.82) is 0 Å². The predicted molar refractivity (Wildman–Crippen MR) is 100 cm³/mol. The maximum absolute atomic E-state index is 13.3.